The van der Waals surface area contributed by atoms with Gasteiger partial charge in [-0.1, -0.05) is 24.3 Å². The molecule has 21 heavy (non-hydrogen) atoms. The van der Waals surface area contributed by atoms with E-state index in [1.165, 1.54) is 13.2 Å². The van der Waals surface area contributed by atoms with Crippen LogP contribution in [0.2, 0.25) is 0 Å². The van der Waals surface area contributed by atoms with Crippen LogP contribution in [0.1, 0.15) is 17.4 Å². The van der Waals surface area contributed by atoms with Crippen molar-refractivity contribution in [1.82, 2.24) is 0 Å². The molecule has 3 rings (SSSR count). The number of hydrogen-bond donors (Lipinski definition) is 1. The van der Waals surface area contributed by atoms with Crippen LogP contribution in [0, 0.1) is 5.82 Å². The van der Waals surface area contributed by atoms with Gasteiger partial charge >= 0.3 is 0 Å². The van der Waals surface area contributed by atoms with E-state index in [9.17, 15) is 9.50 Å². The first kappa shape index (κ1) is 13.6. The summed E-state index contributed by atoms with van der Waals surface area (Å²) in [6.07, 6.45) is -0.536. The van der Waals surface area contributed by atoms with Gasteiger partial charge in [-0.25, -0.2) is 4.39 Å². The second-order valence-corrected chi connectivity index (χ2v) is 4.88. The number of ether oxygens (including phenoxy) is 1. The zero-order chi connectivity index (χ0) is 14.8. The molecule has 1 aromatic heterocycles. The highest BCUT2D eigenvalue weighted by Gasteiger charge is 2.15. The van der Waals surface area contributed by atoms with Gasteiger partial charge in [0.25, 0.3) is 0 Å². The van der Waals surface area contributed by atoms with Crippen LogP contribution >= 0.6 is 0 Å². The van der Waals surface area contributed by atoms with Gasteiger partial charge in [-0.3, -0.25) is 0 Å². The normalized spacial score (nSPS) is 12.5. The predicted molar refractivity (Wildman–Crippen MR) is 77.8 cm³/mol. The van der Waals surface area contributed by atoms with Crippen molar-refractivity contribution in [2.24, 2.45) is 0 Å². The molecule has 0 saturated carbocycles. The van der Waals surface area contributed by atoms with Crippen molar-refractivity contribution < 1.29 is 18.7 Å². The van der Waals surface area contributed by atoms with Gasteiger partial charge < -0.3 is 14.3 Å². The molecule has 108 valence electrons. The molecule has 1 atom stereocenters. The van der Waals surface area contributed by atoms with Crippen molar-refractivity contribution in [2.75, 3.05) is 7.11 Å². The zero-order valence-corrected chi connectivity index (χ0v) is 11.5. The topological polar surface area (TPSA) is 42.6 Å². The van der Waals surface area contributed by atoms with Crippen LogP contribution in [0.3, 0.4) is 0 Å². The summed E-state index contributed by atoms with van der Waals surface area (Å²) in [6, 6.07) is 14.0. The molecule has 3 aromatic rings. The second kappa shape index (κ2) is 5.58. The molecule has 0 amide bonds. The molecule has 1 N–H and O–H groups in total. The minimum absolute atomic E-state index is 0.192. The highest BCUT2D eigenvalue weighted by atomic mass is 19.1. The smallest absolute Gasteiger partial charge is 0.165 e. The van der Waals surface area contributed by atoms with E-state index < -0.39 is 11.9 Å². The molecule has 0 aliphatic heterocycles. The maximum Gasteiger partial charge on any atom is 0.165 e. The third kappa shape index (κ3) is 2.76. The SMILES string of the molecule is COc1ccc(CC(O)c2cc3ccccc3o2)cc1F. The number of halogens is 1. The van der Waals surface area contributed by atoms with Crippen molar-refractivity contribution in [3.05, 3.63) is 65.7 Å². The Morgan fingerprint density at radius 2 is 2.00 bits per heavy atom. The van der Waals surface area contributed by atoms with Crippen LogP contribution in [0.5, 0.6) is 5.75 Å². The number of furan rings is 1. The molecule has 0 radical (unpaired) electrons. The molecular formula is C17H15FO3. The minimum Gasteiger partial charge on any atom is -0.494 e. The van der Waals surface area contributed by atoms with E-state index in [-0.39, 0.29) is 12.2 Å². The van der Waals surface area contributed by atoms with E-state index in [1.54, 1.807) is 18.2 Å². The maximum absolute atomic E-state index is 13.6. The second-order valence-electron chi connectivity index (χ2n) is 4.88. The Bertz CT molecular complexity index is 731. The lowest BCUT2D eigenvalue weighted by Crippen LogP contribution is -2.01. The summed E-state index contributed by atoms with van der Waals surface area (Å²) in [5.41, 5.74) is 1.41. The lowest BCUT2D eigenvalue weighted by atomic mass is 10.1. The Morgan fingerprint density at radius 1 is 1.19 bits per heavy atom. The average Bonchev–Trinajstić information content (AvgIpc) is 2.91. The van der Waals surface area contributed by atoms with Crippen LogP contribution in [-0.4, -0.2) is 12.2 Å². The van der Waals surface area contributed by atoms with Crippen molar-refractivity contribution in [3.63, 3.8) is 0 Å². The van der Waals surface area contributed by atoms with Crippen LogP contribution in [-0.2, 0) is 6.42 Å². The fourth-order valence-corrected chi connectivity index (χ4v) is 2.33. The standard InChI is InChI=1S/C17H15FO3/c1-20-16-7-6-11(8-13(16)18)9-14(19)17-10-12-4-2-3-5-15(12)21-17/h2-8,10,14,19H,9H2,1H3. The molecule has 1 heterocycles. The minimum atomic E-state index is -0.815. The van der Waals surface area contributed by atoms with Gasteiger partial charge in [0.15, 0.2) is 11.6 Å². The van der Waals surface area contributed by atoms with Gasteiger partial charge in [0, 0.05) is 11.8 Å². The monoisotopic (exact) mass is 286 g/mol. The lowest BCUT2D eigenvalue weighted by molar-refractivity contribution is 0.152. The number of para-hydroxylation sites is 1. The number of aliphatic hydroxyl groups excluding tert-OH is 1. The summed E-state index contributed by atoms with van der Waals surface area (Å²) in [5, 5.41) is 11.2. The molecule has 0 aliphatic carbocycles. The fourth-order valence-electron chi connectivity index (χ4n) is 2.33. The first-order valence-corrected chi connectivity index (χ1v) is 6.66. The zero-order valence-electron chi connectivity index (χ0n) is 11.5. The van der Waals surface area contributed by atoms with Crippen LogP contribution < -0.4 is 4.74 Å². The third-order valence-corrected chi connectivity index (χ3v) is 3.42. The molecular weight excluding hydrogens is 271 g/mol. The van der Waals surface area contributed by atoms with Gasteiger partial charge in [-0.05, 0) is 29.8 Å². The molecule has 3 nitrogen and oxygen atoms in total. The van der Waals surface area contributed by atoms with E-state index in [0.717, 1.165) is 11.0 Å². The molecule has 0 saturated heterocycles. The van der Waals surface area contributed by atoms with E-state index >= 15 is 0 Å². The summed E-state index contributed by atoms with van der Waals surface area (Å²) in [7, 11) is 1.42. The average molecular weight is 286 g/mol. The van der Waals surface area contributed by atoms with Gasteiger partial charge in [-0.2, -0.15) is 0 Å². The maximum atomic E-state index is 13.6. The molecule has 0 fully saturated rings. The van der Waals surface area contributed by atoms with E-state index in [0.29, 0.717) is 11.3 Å². The summed E-state index contributed by atoms with van der Waals surface area (Å²) in [6.45, 7) is 0. The number of benzene rings is 2. The Kier molecular flexibility index (Phi) is 3.62. The summed E-state index contributed by atoms with van der Waals surface area (Å²) >= 11 is 0. The summed E-state index contributed by atoms with van der Waals surface area (Å²) in [4.78, 5) is 0. The Labute approximate surface area is 121 Å². The van der Waals surface area contributed by atoms with Crippen LogP contribution in [0.4, 0.5) is 4.39 Å². The molecule has 0 aliphatic rings. The highest BCUT2D eigenvalue weighted by Crippen LogP contribution is 2.27. The number of fused-ring (bicyclic) bond motifs is 1. The first-order valence-electron chi connectivity index (χ1n) is 6.66. The number of methoxy groups -OCH3 is 1. The molecule has 0 spiro atoms. The largest absolute Gasteiger partial charge is 0.494 e. The number of aliphatic hydroxyl groups is 1. The van der Waals surface area contributed by atoms with E-state index in [4.69, 9.17) is 9.15 Å². The molecule has 1 unspecified atom stereocenters. The summed E-state index contributed by atoms with van der Waals surface area (Å²) < 4.78 is 24.1. The fraction of sp³-hybridized carbons (Fsp3) is 0.176. The van der Waals surface area contributed by atoms with Crippen molar-refractivity contribution in [3.8, 4) is 5.75 Å². The van der Waals surface area contributed by atoms with Gasteiger partial charge in [0.1, 0.15) is 17.4 Å². The van der Waals surface area contributed by atoms with Crippen molar-refractivity contribution in [2.45, 2.75) is 12.5 Å². The van der Waals surface area contributed by atoms with Gasteiger partial charge in [0.2, 0.25) is 0 Å². The lowest BCUT2D eigenvalue weighted by Gasteiger charge is -2.09. The highest BCUT2D eigenvalue weighted by molar-refractivity contribution is 5.77. The van der Waals surface area contributed by atoms with E-state index in [2.05, 4.69) is 0 Å². The molecule has 4 heteroatoms. The third-order valence-electron chi connectivity index (χ3n) is 3.42. The Hall–Kier alpha value is -2.33. The van der Waals surface area contributed by atoms with Gasteiger partial charge in [0.05, 0.1) is 7.11 Å². The van der Waals surface area contributed by atoms with Crippen molar-refractivity contribution in [1.29, 1.82) is 0 Å². The summed E-state index contributed by atoms with van der Waals surface area (Å²) in [5.74, 6) is 0.233. The van der Waals surface area contributed by atoms with Gasteiger partial charge in [-0.15, -0.1) is 0 Å². The Morgan fingerprint density at radius 3 is 2.71 bits per heavy atom. The Balaban J connectivity index is 1.82. The number of rotatable bonds is 4. The van der Waals surface area contributed by atoms with Crippen LogP contribution in [0.15, 0.2) is 52.9 Å². The predicted octanol–water partition coefficient (Wildman–Crippen LogP) is 3.86. The molecule has 0 bridgehead atoms. The first-order chi connectivity index (χ1) is 10.2. The quantitative estimate of drug-likeness (QED) is 0.792. The van der Waals surface area contributed by atoms with Crippen LogP contribution in [0.25, 0.3) is 11.0 Å². The molecule has 2 aromatic carbocycles. The van der Waals surface area contributed by atoms with E-state index in [1.807, 2.05) is 24.3 Å². The number of hydrogen-bond acceptors (Lipinski definition) is 3. The van der Waals surface area contributed by atoms with Crippen molar-refractivity contribution >= 4 is 11.0 Å².